The highest BCUT2D eigenvalue weighted by Crippen LogP contribution is 2.24. The van der Waals surface area contributed by atoms with E-state index in [4.69, 9.17) is 4.52 Å². The molecule has 0 aliphatic carbocycles. The zero-order valence-electron chi connectivity index (χ0n) is 17.8. The van der Waals surface area contributed by atoms with E-state index in [-0.39, 0.29) is 5.91 Å². The van der Waals surface area contributed by atoms with Gasteiger partial charge in [0.05, 0.1) is 5.56 Å². The van der Waals surface area contributed by atoms with E-state index in [2.05, 4.69) is 37.1 Å². The number of para-hydroxylation sites is 1. The van der Waals surface area contributed by atoms with Crippen molar-refractivity contribution in [2.24, 2.45) is 0 Å². The molecule has 0 spiro atoms. The topological polar surface area (TPSA) is 93.2 Å². The first-order valence-corrected chi connectivity index (χ1v) is 10.6. The number of aryl methyl sites for hydroxylation is 1. The van der Waals surface area contributed by atoms with E-state index in [1.54, 1.807) is 23.3 Å². The van der Waals surface area contributed by atoms with E-state index < -0.39 is 0 Å². The summed E-state index contributed by atoms with van der Waals surface area (Å²) >= 11 is 0. The highest BCUT2D eigenvalue weighted by atomic mass is 16.5. The van der Waals surface area contributed by atoms with Gasteiger partial charge in [-0.05, 0) is 24.3 Å². The van der Waals surface area contributed by atoms with Crippen LogP contribution in [0.25, 0.3) is 17.3 Å². The predicted octanol–water partition coefficient (Wildman–Crippen LogP) is 2.84. The van der Waals surface area contributed by atoms with Gasteiger partial charge in [-0.2, -0.15) is 4.98 Å². The van der Waals surface area contributed by atoms with E-state index in [9.17, 15) is 4.79 Å². The van der Waals surface area contributed by atoms with E-state index in [1.165, 1.54) is 5.69 Å². The van der Waals surface area contributed by atoms with E-state index >= 15 is 0 Å². The third-order valence-corrected chi connectivity index (χ3v) is 5.54. The molecule has 32 heavy (non-hydrogen) atoms. The first-order valence-electron chi connectivity index (χ1n) is 10.6. The number of pyridine rings is 1. The Kier molecular flexibility index (Phi) is 5.37. The second-order valence-electron chi connectivity index (χ2n) is 7.52. The maximum absolute atomic E-state index is 13.1. The lowest BCUT2D eigenvalue weighted by molar-refractivity contribution is 0.0741. The van der Waals surface area contributed by atoms with Crippen molar-refractivity contribution in [2.45, 2.75) is 13.3 Å². The van der Waals surface area contributed by atoms with E-state index in [0.717, 1.165) is 13.1 Å². The zero-order chi connectivity index (χ0) is 21.9. The molecule has 0 radical (unpaired) electrons. The van der Waals surface area contributed by atoms with Gasteiger partial charge in [-0.15, -0.1) is 0 Å². The Labute approximate surface area is 185 Å². The number of imidazole rings is 1. The van der Waals surface area contributed by atoms with Crippen LogP contribution in [0.1, 0.15) is 23.2 Å². The molecule has 0 N–H and O–H groups in total. The minimum atomic E-state index is -0.0833. The number of benzene rings is 1. The molecule has 1 aliphatic heterocycles. The minimum Gasteiger partial charge on any atom is -0.368 e. The van der Waals surface area contributed by atoms with Gasteiger partial charge >= 0.3 is 0 Å². The molecule has 9 nitrogen and oxygen atoms in total. The number of nitrogens with zero attached hydrogens (tertiary/aromatic N) is 7. The maximum atomic E-state index is 13.1. The van der Waals surface area contributed by atoms with Crippen molar-refractivity contribution in [1.29, 1.82) is 0 Å². The van der Waals surface area contributed by atoms with Gasteiger partial charge in [0.2, 0.25) is 0 Å². The Bertz CT molecular complexity index is 1210. The van der Waals surface area contributed by atoms with Gasteiger partial charge in [0.1, 0.15) is 12.0 Å². The Balaban J connectivity index is 1.32. The molecular formula is C23H23N7O2. The standard InChI is InChI=1S/C23H23N7O2/c1-2-20-26-22(32-27-20)18-9-6-10-24-21(18)30-15-19(25-16-30)23(31)29-13-11-28(12-14-29)17-7-4-3-5-8-17/h3-10,15-16H,2,11-14H2,1H3. The van der Waals surface area contributed by atoms with Crippen molar-refractivity contribution in [2.75, 3.05) is 31.1 Å². The van der Waals surface area contributed by atoms with Crippen LogP contribution in [-0.4, -0.2) is 61.7 Å². The molecule has 0 unspecified atom stereocenters. The fourth-order valence-corrected chi connectivity index (χ4v) is 3.79. The lowest BCUT2D eigenvalue weighted by atomic mass is 10.2. The Morgan fingerprint density at radius 2 is 1.84 bits per heavy atom. The fraction of sp³-hybridized carbons (Fsp3) is 0.261. The van der Waals surface area contributed by atoms with Crippen molar-refractivity contribution in [3.05, 3.63) is 72.7 Å². The number of anilines is 1. The summed E-state index contributed by atoms with van der Waals surface area (Å²) in [5, 5.41) is 3.96. The zero-order valence-corrected chi connectivity index (χ0v) is 17.8. The van der Waals surface area contributed by atoms with Crippen molar-refractivity contribution in [1.82, 2.24) is 29.6 Å². The summed E-state index contributed by atoms with van der Waals surface area (Å²) in [6.45, 7) is 4.84. The number of carbonyl (C=O) groups excluding carboxylic acids is 1. The molecule has 0 bridgehead atoms. The van der Waals surface area contributed by atoms with Gasteiger partial charge in [0.15, 0.2) is 11.6 Å². The molecular weight excluding hydrogens is 406 g/mol. The van der Waals surface area contributed by atoms with Crippen molar-refractivity contribution < 1.29 is 9.32 Å². The lowest BCUT2D eigenvalue weighted by Gasteiger charge is -2.35. The molecule has 1 saturated heterocycles. The maximum Gasteiger partial charge on any atom is 0.274 e. The van der Waals surface area contributed by atoms with Gasteiger partial charge in [0.25, 0.3) is 11.8 Å². The van der Waals surface area contributed by atoms with Crippen molar-refractivity contribution in [3.63, 3.8) is 0 Å². The summed E-state index contributed by atoms with van der Waals surface area (Å²) in [6, 6.07) is 13.9. The summed E-state index contributed by atoms with van der Waals surface area (Å²) in [6.07, 6.45) is 5.66. The van der Waals surface area contributed by atoms with E-state index in [1.807, 2.05) is 42.2 Å². The van der Waals surface area contributed by atoms with Crippen molar-refractivity contribution >= 4 is 11.6 Å². The van der Waals surface area contributed by atoms with Crippen LogP contribution >= 0.6 is 0 Å². The second kappa shape index (κ2) is 8.62. The number of amides is 1. The van der Waals surface area contributed by atoms with Crippen LogP contribution in [0.5, 0.6) is 0 Å². The van der Waals surface area contributed by atoms with Gasteiger partial charge in [-0.3, -0.25) is 9.36 Å². The van der Waals surface area contributed by atoms with E-state index in [0.29, 0.717) is 48.3 Å². The van der Waals surface area contributed by atoms with Gasteiger partial charge in [-0.1, -0.05) is 30.3 Å². The third-order valence-electron chi connectivity index (χ3n) is 5.54. The number of rotatable bonds is 5. The lowest BCUT2D eigenvalue weighted by Crippen LogP contribution is -2.48. The van der Waals surface area contributed by atoms with Crippen LogP contribution in [0.3, 0.4) is 0 Å². The highest BCUT2D eigenvalue weighted by Gasteiger charge is 2.24. The predicted molar refractivity (Wildman–Crippen MR) is 119 cm³/mol. The number of carbonyl (C=O) groups is 1. The smallest absolute Gasteiger partial charge is 0.274 e. The van der Waals surface area contributed by atoms with Crippen LogP contribution in [0.15, 0.2) is 65.7 Å². The molecule has 162 valence electrons. The monoisotopic (exact) mass is 429 g/mol. The highest BCUT2D eigenvalue weighted by molar-refractivity contribution is 5.92. The SMILES string of the molecule is CCc1noc(-c2cccnc2-n2cnc(C(=O)N3CCN(c4ccccc4)CC3)c2)n1. The van der Waals surface area contributed by atoms with Gasteiger partial charge in [0, 0.05) is 50.7 Å². The molecule has 5 rings (SSSR count). The summed E-state index contributed by atoms with van der Waals surface area (Å²) < 4.78 is 7.11. The molecule has 0 saturated carbocycles. The summed E-state index contributed by atoms with van der Waals surface area (Å²) in [5.74, 6) is 1.52. The summed E-state index contributed by atoms with van der Waals surface area (Å²) in [5.41, 5.74) is 2.25. The first kappa shape index (κ1) is 19.9. The molecule has 3 aromatic heterocycles. The normalized spacial score (nSPS) is 14.0. The molecule has 1 aliphatic rings. The molecule has 4 aromatic rings. The minimum absolute atomic E-state index is 0.0833. The third kappa shape index (κ3) is 3.84. The number of hydrogen-bond donors (Lipinski definition) is 0. The average Bonchev–Trinajstić information content (AvgIpc) is 3.54. The Morgan fingerprint density at radius 1 is 1.03 bits per heavy atom. The Morgan fingerprint density at radius 3 is 2.59 bits per heavy atom. The van der Waals surface area contributed by atoms with Gasteiger partial charge < -0.3 is 14.3 Å². The van der Waals surface area contributed by atoms with Gasteiger partial charge in [-0.25, -0.2) is 9.97 Å². The molecule has 1 fully saturated rings. The summed E-state index contributed by atoms with van der Waals surface area (Å²) in [4.78, 5) is 30.4. The van der Waals surface area contributed by atoms with Crippen LogP contribution in [-0.2, 0) is 6.42 Å². The van der Waals surface area contributed by atoms with Crippen LogP contribution in [0.4, 0.5) is 5.69 Å². The summed E-state index contributed by atoms with van der Waals surface area (Å²) in [7, 11) is 0. The molecule has 0 atom stereocenters. The fourth-order valence-electron chi connectivity index (χ4n) is 3.79. The quantitative estimate of drug-likeness (QED) is 0.482. The average molecular weight is 429 g/mol. The Hall–Kier alpha value is -4.01. The van der Waals surface area contributed by atoms with Crippen LogP contribution < -0.4 is 4.90 Å². The number of piperazine rings is 1. The first-order chi connectivity index (χ1) is 15.7. The van der Waals surface area contributed by atoms with Crippen LogP contribution in [0, 0.1) is 0 Å². The molecule has 1 aromatic carbocycles. The molecule has 9 heteroatoms. The number of hydrogen-bond acceptors (Lipinski definition) is 7. The second-order valence-corrected chi connectivity index (χ2v) is 7.52. The number of aromatic nitrogens is 5. The molecule has 4 heterocycles. The largest absolute Gasteiger partial charge is 0.368 e. The van der Waals surface area contributed by atoms with Crippen molar-refractivity contribution in [3.8, 4) is 17.3 Å². The van der Waals surface area contributed by atoms with Crippen LogP contribution in [0.2, 0.25) is 0 Å². The molecule has 1 amide bonds.